The third kappa shape index (κ3) is 3.28. The molecule has 21 heavy (non-hydrogen) atoms. The summed E-state index contributed by atoms with van der Waals surface area (Å²) >= 11 is 1.76. The molecular weight excluding hydrogens is 280 g/mol. The molecule has 2 aromatic heterocycles. The molecule has 0 saturated carbocycles. The lowest BCUT2D eigenvalue weighted by molar-refractivity contribution is 0.420. The summed E-state index contributed by atoms with van der Waals surface area (Å²) in [4.78, 5) is 0. The average molecular weight is 300 g/mol. The Labute approximate surface area is 129 Å². The van der Waals surface area contributed by atoms with Gasteiger partial charge in [0.25, 0.3) is 0 Å². The van der Waals surface area contributed by atoms with Crippen molar-refractivity contribution >= 4 is 22.2 Å². The molecule has 3 rings (SSSR count). The Morgan fingerprint density at radius 1 is 1.19 bits per heavy atom. The molecule has 2 heterocycles. The van der Waals surface area contributed by atoms with Crippen LogP contribution in [0.5, 0.6) is 5.75 Å². The minimum Gasteiger partial charge on any atom is -0.496 e. The summed E-state index contributed by atoms with van der Waals surface area (Å²) in [6, 6.07) is 10.5. The highest BCUT2D eigenvalue weighted by Crippen LogP contribution is 2.25. The first kappa shape index (κ1) is 14.2. The molecule has 0 aliphatic rings. The molecule has 0 radical (unpaired) electrons. The van der Waals surface area contributed by atoms with Crippen molar-refractivity contribution in [3.05, 3.63) is 52.9 Å². The number of methoxy groups -OCH3 is 1. The van der Waals surface area contributed by atoms with Crippen LogP contribution in [0.4, 0.5) is 0 Å². The number of rotatable bonds is 7. The molecule has 0 atom stereocenters. The lowest BCUT2D eigenvalue weighted by atomic mass is 10.2. The molecular formula is C17H20N2OS. The van der Waals surface area contributed by atoms with Gasteiger partial charge in [0.05, 0.1) is 12.6 Å². The highest BCUT2D eigenvalue weighted by Gasteiger charge is 2.05. The number of hydrogen-bond donors (Lipinski definition) is 1. The normalized spacial score (nSPS) is 11.1. The number of hydrogen-bond acceptors (Lipinski definition) is 3. The predicted molar refractivity (Wildman–Crippen MR) is 89.4 cm³/mol. The first-order chi connectivity index (χ1) is 10.4. The van der Waals surface area contributed by atoms with Crippen LogP contribution in [-0.4, -0.2) is 24.8 Å². The van der Waals surface area contributed by atoms with Gasteiger partial charge in [0, 0.05) is 24.7 Å². The SMILES string of the molecule is COc1cccc2c1ccn2CCNCCc1ccsc1. The van der Waals surface area contributed by atoms with Crippen molar-refractivity contribution in [1.82, 2.24) is 9.88 Å². The monoisotopic (exact) mass is 300 g/mol. The second-order valence-corrected chi connectivity index (χ2v) is 5.81. The Hall–Kier alpha value is -1.78. The molecule has 0 unspecified atom stereocenters. The fraction of sp³-hybridized carbons (Fsp3) is 0.294. The molecule has 110 valence electrons. The average Bonchev–Trinajstić information content (AvgIpc) is 3.16. The molecule has 3 aromatic rings. The van der Waals surface area contributed by atoms with Gasteiger partial charge >= 0.3 is 0 Å². The number of thiophene rings is 1. The van der Waals surface area contributed by atoms with E-state index in [-0.39, 0.29) is 0 Å². The van der Waals surface area contributed by atoms with Crippen LogP contribution in [0.3, 0.4) is 0 Å². The molecule has 0 saturated heterocycles. The van der Waals surface area contributed by atoms with E-state index >= 15 is 0 Å². The zero-order valence-electron chi connectivity index (χ0n) is 12.2. The smallest absolute Gasteiger partial charge is 0.128 e. The largest absolute Gasteiger partial charge is 0.496 e. The van der Waals surface area contributed by atoms with Crippen LogP contribution in [0.2, 0.25) is 0 Å². The van der Waals surface area contributed by atoms with Crippen molar-refractivity contribution in [2.24, 2.45) is 0 Å². The first-order valence-electron chi connectivity index (χ1n) is 7.22. The molecule has 1 N–H and O–H groups in total. The van der Waals surface area contributed by atoms with Crippen LogP contribution >= 0.6 is 11.3 Å². The van der Waals surface area contributed by atoms with Crippen molar-refractivity contribution in [2.45, 2.75) is 13.0 Å². The maximum absolute atomic E-state index is 5.40. The number of ether oxygens (including phenoxy) is 1. The summed E-state index contributed by atoms with van der Waals surface area (Å²) < 4.78 is 7.67. The first-order valence-corrected chi connectivity index (χ1v) is 8.16. The molecule has 0 aliphatic heterocycles. The summed E-state index contributed by atoms with van der Waals surface area (Å²) in [7, 11) is 1.72. The lowest BCUT2D eigenvalue weighted by Gasteiger charge is -2.08. The maximum atomic E-state index is 5.40. The van der Waals surface area contributed by atoms with Gasteiger partial charge in [-0.3, -0.25) is 0 Å². The number of nitrogens with one attached hydrogen (secondary N) is 1. The second kappa shape index (κ2) is 6.78. The molecule has 1 aromatic carbocycles. The van der Waals surface area contributed by atoms with Crippen LogP contribution < -0.4 is 10.1 Å². The van der Waals surface area contributed by atoms with Crippen molar-refractivity contribution in [3.8, 4) is 5.75 Å². The summed E-state index contributed by atoms with van der Waals surface area (Å²) in [6.07, 6.45) is 3.23. The topological polar surface area (TPSA) is 26.2 Å². The summed E-state index contributed by atoms with van der Waals surface area (Å²) in [5, 5.41) is 9.04. The van der Waals surface area contributed by atoms with E-state index in [1.165, 1.54) is 16.5 Å². The standard InChI is InChI=1S/C17H20N2OS/c1-20-17-4-2-3-16-15(17)6-10-19(16)11-9-18-8-5-14-7-12-21-13-14/h2-4,6-7,10,12-13,18H,5,8-9,11H2,1H3. The van der Waals surface area contributed by atoms with E-state index in [1.807, 2.05) is 12.1 Å². The van der Waals surface area contributed by atoms with E-state index < -0.39 is 0 Å². The van der Waals surface area contributed by atoms with Gasteiger partial charge in [0.2, 0.25) is 0 Å². The number of nitrogens with zero attached hydrogens (tertiary/aromatic N) is 1. The van der Waals surface area contributed by atoms with Gasteiger partial charge in [-0.15, -0.1) is 0 Å². The lowest BCUT2D eigenvalue weighted by Crippen LogP contribution is -2.22. The van der Waals surface area contributed by atoms with Crippen LogP contribution in [-0.2, 0) is 13.0 Å². The Morgan fingerprint density at radius 2 is 2.14 bits per heavy atom. The van der Waals surface area contributed by atoms with Gasteiger partial charge in [-0.05, 0) is 53.6 Å². The van der Waals surface area contributed by atoms with Crippen molar-refractivity contribution in [1.29, 1.82) is 0 Å². The van der Waals surface area contributed by atoms with Gasteiger partial charge in [0.15, 0.2) is 0 Å². The zero-order chi connectivity index (χ0) is 14.5. The van der Waals surface area contributed by atoms with Gasteiger partial charge in [-0.1, -0.05) is 6.07 Å². The third-order valence-electron chi connectivity index (χ3n) is 3.69. The number of benzene rings is 1. The summed E-state index contributed by atoms with van der Waals surface area (Å²) in [6.45, 7) is 2.98. The summed E-state index contributed by atoms with van der Waals surface area (Å²) in [5.41, 5.74) is 2.65. The zero-order valence-corrected chi connectivity index (χ0v) is 13.0. The Bertz CT molecular complexity index is 688. The molecule has 0 amide bonds. The second-order valence-electron chi connectivity index (χ2n) is 5.03. The molecule has 0 bridgehead atoms. The Balaban J connectivity index is 1.53. The van der Waals surface area contributed by atoms with E-state index in [0.29, 0.717) is 0 Å². The van der Waals surface area contributed by atoms with Crippen molar-refractivity contribution in [2.75, 3.05) is 20.2 Å². The Kier molecular flexibility index (Phi) is 4.58. The molecule has 3 nitrogen and oxygen atoms in total. The molecule has 0 fully saturated rings. The predicted octanol–water partition coefficient (Wildman–Crippen LogP) is 3.54. The molecule has 0 aliphatic carbocycles. The van der Waals surface area contributed by atoms with Crippen molar-refractivity contribution in [3.63, 3.8) is 0 Å². The maximum Gasteiger partial charge on any atom is 0.128 e. The molecule has 4 heteroatoms. The van der Waals surface area contributed by atoms with Gasteiger partial charge < -0.3 is 14.6 Å². The van der Waals surface area contributed by atoms with Gasteiger partial charge in [0.1, 0.15) is 5.75 Å². The van der Waals surface area contributed by atoms with Crippen LogP contribution in [0.15, 0.2) is 47.3 Å². The van der Waals surface area contributed by atoms with Gasteiger partial charge in [-0.2, -0.15) is 11.3 Å². The van der Waals surface area contributed by atoms with Crippen molar-refractivity contribution < 1.29 is 4.74 Å². The minimum atomic E-state index is 0.941. The van der Waals surface area contributed by atoms with Gasteiger partial charge in [-0.25, -0.2) is 0 Å². The Morgan fingerprint density at radius 3 is 2.95 bits per heavy atom. The minimum absolute atomic E-state index is 0.941. The van der Waals surface area contributed by atoms with E-state index in [2.05, 4.69) is 45.0 Å². The van der Waals surface area contributed by atoms with E-state index in [9.17, 15) is 0 Å². The van der Waals surface area contributed by atoms with Crippen LogP contribution in [0.1, 0.15) is 5.56 Å². The quantitative estimate of drug-likeness (QED) is 0.675. The molecule has 0 spiro atoms. The van der Waals surface area contributed by atoms with Crippen LogP contribution in [0.25, 0.3) is 10.9 Å². The van der Waals surface area contributed by atoms with E-state index in [4.69, 9.17) is 4.74 Å². The fourth-order valence-electron chi connectivity index (χ4n) is 2.56. The summed E-state index contributed by atoms with van der Waals surface area (Å²) in [5.74, 6) is 0.941. The number of fused-ring (bicyclic) bond motifs is 1. The van der Waals surface area contributed by atoms with Crippen LogP contribution in [0, 0.1) is 0 Å². The highest BCUT2D eigenvalue weighted by atomic mass is 32.1. The fourth-order valence-corrected chi connectivity index (χ4v) is 3.26. The van der Waals surface area contributed by atoms with E-state index in [0.717, 1.165) is 31.8 Å². The number of aromatic nitrogens is 1. The third-order valence-corrected chi connectivity index (χ3v) is 4.43. The van der Waals surface area contributed by atoms with E-state index in [1.54, 1.807) is 18.4 Å². The highest BCUT2D eigenvalue weighted by molar-refractivity contribution is 7.07.